The Morgan fingerprint density at radius 1 is 1.13 bits per heavy atom. The van der Waals surface area contributed by atoms with Crippen LogP contribution in [-0.2, 0) is 6.54 Å². The molecule has 0 atom stereocenters. The number of amides is 1. The molecule has 0 fully saturated rings. The zero-order chi connectivity index (χ0) is 16.2. The summed E-state index contributed by atoms with van der Waals surface area (Å²) < 4.78 is 6.49. The van der Waals surface area contributed by atoms with Gasteiger partial charge < -0.3 is 9.32 Å². The SMILES string of the molecule is CN(Cc1nnc(-c2ccccc2)o1)C(=O)c1cccc(Br)c1. The Morgan fingerprint density at radius 3 is 2.65 bits per heavy atom. The topological polar surface area (TPSA) is 59.2 Å². The van der Waals surface area contributed by atoms with Gasteiger partial charge in [-0.3, -0.25) is 4.79 Å². The second kappa shape index (κ2) is 6.75. The lowest BCUT2D eigenvalue weighted by molar-refractivity contribution is 0.0773. The van der Waals surface area contributed by atoms with Gasteiger partial charge in [-0.1, -0.05) is 40.2 Å². The molecule has 6 heteroatoms. The molecule has 1 heterocycles. The molecule has 2 aromatic carbocycles. The zero-order valence-electron chi connectivity index (χ0n) is 12.4. The fourth-order valence-electron chi connectivity index (χ4n) is 2.13. The highest BCUT2D eigenvalue weighted by atomic mass is 79.9. The van der Waals surface area contributed by atoms with E-state index in [1.807, 2.05) is 42.5 Å². The summed E-state index contributed by atoms with van der Waals surface area (Å²) in [6, 6.07) is 16.8. The molecule has 0 saturated carbocycles. The number of hydrogen-bond acceptors (Lipinski definition) is 4. The third kappa shape index (κ3) is 3.65. The predicted octanol–water partition coefficient (Wildman–Crippen LogP) is 3.77. The number of halogens is 1. The highest BCUT2D eigenvalue weighted by Crippen LogP contribution is 2.18. The van der Waals surface area contributed by atoms with E-state index >= 15 is 0 Å². The first kappa shape index (κ1) is 15.4. The van der Waals surface area contributed by atoms with Crippen LogP contribution in [0.3, 0.4) is 0 Å². The molecular formula is C17H14BrN3O2. The van der Waals surface area contributed by atoms with Crippen molar-refractivity contribution in [1.82, 2.24) is 15.1 Å². The maximum atomic E-state index is 12.4. The van der Waals surface area contributed by atoms with Crippen molar-refractivity contribution in [3.63, 3.8) is 0 Å². The Hall–Kier alpha value is -2.47. The highest BCUT2D eigenvalue weighted by molar-refractivity contribution is 9.10. The van der Waals surface area contributed by atoms with E-state index in [9.17, 15) is 4.79 Å². The molecule has 0 bridgehead atoms. The maximum absolute atomic E-state index is 12.4. The average Bonchev–Trinajstić information content (AvgIpc) is 3.03. The lowest BCUT2D eigenvalue weighted by Crippen LogP contribution is -2.26. The quantitative estimate of drug-likeness (QED) is 0.700. The van der Waals surface area contributed by atoms with E-state index in [2.05, 4.69) is 26.1 Å². The van der Waals surface area contributed by atoms with Gasteiger partial charge in [-0.2, -0.15) is 0 Å². The monoisotopic (exact) mass is 371 g/mol. The molecule has 0 N–H and O–H groups in total. The van der Waals surface area contributed by atoms with E-state index in [-0.39, 0.29) is 12.5 Å². The molecule has 3 rings (SSSR count). The van der Waals surface area contributed by atoms with Gasteiger partial charge in [0, 0.05) is 22.6 Å². The van der Waals surface area contributed by atoms with Crippen LogP contribution in [0.5, 0.6) is 0 Å². The summed E-state index contributed by atoms with van der Waals surface area (Å²) in [6.45, 7) is 0.255. The van der Waals surface area contributed by atoms with Gasteiger partial charge in [0.15, 0.2) is 0 Å². The van der Waals surface area contributed by atoms with Crippen LogP contribution < -0.4 is 0 Å². The molecule has 0 radical (unpaired) electrons. The van der Waals surface area contributed by atoms with Gasteiger partial charge in [0.2, 0.25) is 11.8 Å². The van der Waals surface area contributed by atoms with Gasteiger partial charge >= 0.3 is 0 Å². The lowest BCUT2D eigenvalue weighted by atomic mass is 10.2. The van der Waals surface area contributed by atoms with Crippen molar-refractivity contribution >= 4 is 21.8 Å². The van der Waals surface area contributed by atoms with Crippen LogP contribution >= 0.6 is 15.9 Å². The number of carbonyl (C=O) groups is 1. The van der Waals surface area contributed by atoms with Crippen LogP contribution in [0.4, 0.5) is 0 Å². The van der Waals surface area contributed by atoms with Crippen molar-refractivity contribution in [3.05, 3.63) is 70.5 Å². The Morgan fingerprint density at radius 2 is 1.91 bits per heavy atom. The van der Waals surface area contributed by atoms with Crippen LogP contribution in [0.15, 0.2) is 63.5 Å². The molecule has 0 unspecified atom stereocenters. The minimum absolute atomic E-state index is 0.106. The van der Waals surface area contributed by atoms with E-state index in [0.29, 0.717) is 17.3 Å². The molecule has 23 heavy (non-hydrogen) atoms. The Bertz CT molecular complexity index is 817. The first-order valence-electron chi connectivity index (χ1n) is 7.02. The normalized spacial score (nSPS) is 10.5. The summed E-state index contributed by atoms with van der Waals surface area (Å²) in [5.41, 5.74) is 1.46. The zero-order valence-corrected chi connectivity index (χ0v) is 14.0. The molecule has 0 spiro atoms. The Balaban J connectivity index is 1.72. The number of carbonyl (C=O) groups excluding carboxylic acids is 1. The third-order valence-electron chi connectivity index (χ3n) is 3.28. The summed E-state index contributed by atoms with van der Waals surface area (Å²) in [6.07, 6.45) is 0. The van der Waals surface area contributed by atoms with Gasteiger partial charge in [-0.15, -0.1) is 10.2 Å². The van der Waals surface area contributed by atoms with Crippen LogP contribution in [0.1, 0.15) is 16.2 Å². The predicted molar refractivity (Wildman–Crippen MR) is 89.7 cm³/mol. The number of hydrogen-bond donors (Lipinski definition) is 0. The summed E-state index contributed by atoms with van der Waals surface area (Å²) >= 11 is 3.36. The number of nitrogens with zero attached hydrogens (tertiary/aromatic N) is 3. The van der Waals surface area contributed by atoms with Crippen molar-refractivity contribution in [3.8, 4) is 11.5 Å². The van der Waals surface area contributed by atoms with Crippen molar-refractivity contribution in [2.45, 2.75) is 6.54 Å². The van der Waals surface area contributed by atoms with Crippen LogP contribution in [0.25, 0.3) is 11.5 Å². The van der Waals surface area contributed by atoms with Gasteiger partial charge in [0.05, 0.1) is 6.54 Å². The Labute approximate surface area is 142 Å². The fourth-order valence-corrected chi connectivity index (χ4v) is 2.53. The minimum atomic E-state index is -0.106. The Kier molecular flexibility index (Phi) is 4.52. The number of rotatable bonds is 4. The van der Waals surface area contributed by atoms with Gasteiger partial charge in [0.1, 0.15) is 0 Å². The molecule has 0 saturated heterocycles. The maximum Gasteiger partial charge on any atom is 0.254 e. The molecular weight excluding hydrogens is 358 g/mol. The number of benzene rings is 2. The smallest absolute Gasteiger partial charge is 0.254 e. The van der Waals surface area contributed by atoms with Crippen molar-refractivity contribution in [1.29, 1.82) is 0 Å². The van der Waals surface area contributed by atoms with E-state index in [4.69, 9.17) is 4.42 Å². The standard InChI is InChI=1S/C17H14BrN3O2/c1-21(17(22)13-8-5-9-14(18)10-13)11-15-19-20-16(23-15)12-6-3-2-4-7-12/h2-10H,11H2,1H3. The molecule has 5 nitrogen and oxygen atoms in total. The summed E-state index contributed by atoms with van der Waals surface area (Å²) in [5.74, 6) is 0.740. The average molecular weight is 372 g/mol. The minimum Gasteiger partial charge on any atom is -0.419 e. The first-order valence-corrected chi connectivity index (χ1v) is 7.81. The molecule has 1 amide bonds. The summed E-state index contributed by atoms with van der Waals surface area (Å²) in [5, 5.41) is 8.03. The van der Waals surface area contributed by atoms with Crippen LogP contribution in [0, 0.1) is 0 Å². The second-order valence-electron chi connectivity index (χ2n) is 5.04. The largest absolute Gasteiger partial charge is 0.419 e. The van der Waals surface area contributed by atoms with E-state index in [1.165, 1.54) is 0 Å². The van der Waals surface area contributed by atoms with Crippen molar-refractivity contribution < 1.29 is 9.21 Å². The number of aromatic nitrogens is 2. The van der Waals surface area contributed by atoms with Crippen molar-refractivity contribution in [2.24, 2.45) is 0 Å². The van der Waals surface area contributed by atoms with E-state index in [0.717, 1.165) is 10.0 Å². The van der Waals surface area contributed by atoms with E-state index in [1.54, 1.807) is 24.1 Å². The summed E-state index contributed by atoms with van der Waals surface area (Å²) in [4.78, 5) is 13.9. The molecule has 0 aliphatic heterocycles. The molecule has 0 aliphatic carbocycles. The molecule has 1 aromatic heterocycles. The van der Waals surface area contributed by atoms with E-state index < -0.39 is 0 Å². The highest BCUT2D eigenvalue weighted by Gasteiger charge is 2.16. The first-order chi connectivity index (χ1) is 11.1. The van der Waals surface area contributed by atoms with Gasteiger partial charge in [-0.05, 0) is 30.3 Å². The lowest BCUT2D eigenvalue weighted by Gasteiger charge is -2.14. The third-order valence-corrected chi connectivity index (χ3v) is 3.77. The van der Waals surface area contributed by atoms with Crippen molar-refractivity contribution in [2.75, 3.05) is 7.05 Å². The van der Waals surface area contributed by atoms with Crippen LogP contribution in [0.2, 0.25) is 0 Å². The molecule has 0 aliphatic rings. The van der Waals surface area contributed by atoms with Gasteiger partial charge in [0.25, 0.3) is 5.91 Å². The van der Waals surface area contributed by atoms with Gasteiger partial charge in [-0.25, -0.2) is 0 Å². The molecule has 116 valence electrons. The fraction of sp³-hybridized carbons (Fsp3) is 0.118. The second-order valence-corrected chi connectivity index (χ2v) is 5.95. The summed E-state index contributed by atoms with van der Waals surface area (Å²) in [7, 11) is 1.70. The molecule has 3 aromatic rings. The van der Waals surface area contributed by atoms with Crippen LogP contribution in [-0.4, -0.2) is 28.1 Å².